The molecule has 1 aliphatic carbocycles. The molecule has 2 aromatic rings. The summed E-state index contributed by atoms with van der Waals surface area (Å²) in [5.74, 6) is 0.935. The Morgan fingerprint density at radius 3 is 2.74 bits per heavy atom. The molecule has 0 spiro atoms. The summed E-state index contributed by atoms with van der Waals surface area (Å²) in [5, 5.41) is 7.24. The van der Waals surface area contributed by atoms with Crippen molar-refractivity contribution in [3.05, 3.63) is 33.4 Å². The molecule has 0 unspecified atom stereocenters. The Hall–Kier alpha value is -2.44. The van der Waals surface area contributed by atoms with E-state index < -0.39 is 0 Å². The van der Waals surface area contributed by atoms with Gasteiger partial charge in [0.25, 0.3) is 5.56 Å². The third-order valence-electron chi connectivity index (χ3n) is 4.32. The summed E-state index contributed by atoms with van der Waals surface area (Å²) in [6, 6.07) is 1.78. The number of amides is 1. The summed E-state index contributed by atoms with van der Waals surface area (Å²) in [4.78, 5) is 31.5. The first-order chi connectivity index (χ1) is 11.0. The Morgan fingerprint density at radius 1 is 1.43 bits per heavy atom. The second-order valence-electron chi connectivity index (χ2n) is 6.01. The molecule has 2 aromatic heterocycles. The van der Waals surface area contributed by atoms with Gasteiger partial charge in [-0.3, -0.25) is 14.6 Å². The number of nitrogens with one attached hydrogen (secondary N) is 2. The number of carbonyl (C=O) groups excluding carboxylic acids is 1. The molecule has 0 atom stereocenters. The molecule has 0 aliphatic heterocycles. The van der Waals surface area contributed by atoms with Crippen molar-refractivity contribution in [3.63, 3.8) is 0 Å². The maximum Gasteiger partial charge on any atom is 0.255 e. The molecular weight excluding hydrogens is 294 g/mol. The average Bonchev–Trinajstić information content (AvgIpc) is 2.77. The van der Waals surface area contributed by atoms with E-state index in [0.717, 1.165) is 25.0 Å². The number of aromatic nitrogens is 4. The third-order valence-corrected chi connectivity index (χ3v) is 4.32. The number of H-pyrrole nitrogens is 1. The SMILES string of the molecule is CCc1c(C)nc(-n2nc(C)cc2NC(=O)C2CCC2)[nH]c1=O. The average molecular weight is 315 g/mol. The molecule has 122 valence electrons. The van der Waals surface area contributed by atoms with Crippen LogP contribution in [-0.2, 0) is 11.2 Å². The lowest BCUT2D eigenvalue weighted by atomic mass is 9.85. The van der Waals surface area contributed by atoms with E-state index in [-0.39, 0.29) is 17.4 Å². The van der Waals surface area contributed by atoms with Crippen molar-refractivity contribution >= 4 is 11.7 Å². The number of rotatable bonds is 4. The standard InChI is InChI=1S/C16H21N5O2/c1-4-12-10(3)17-16(19-15(12)23)21-13(8-9(2)20-21)18-14(22)11-6-5-7-11/h8,11H,4-7H2,1-3H3,(H,18,22)(H,17,19,23). The third kappa shape index (κ3) is 2.91. The van der Waals surface area contributed by atoms with Crippen molar-refractivity contribution in [1.29, 1.82) is 0 Å². The van der Waals surface area contributed by atoms with E-state index >= 15 is 0 Å². The molecule has 0 aromatic carbocycles. The summed E-state index contributed by atoms with van der Waals surface area (Å²) in [6.07, 6.45) is 3.58. The molecule has 23 heavy (non-hydrogen) atoms. The Morgan fingerprint density at radius 2 is 2.17 bits per heavy atom. The number of aryl methyl sites for hydroxylation is 2. The van der Waals surface area contributed by atoms with E-state index in [4.69, 9.17) is 0 Å². The van der Waals surface area contributed by atoms with E-state index in [2.05, 4.69) is 20.4 Å². The molecule has 1 amide bonds. The van der Waals surface area contributed by atoms with E-state index in [0.29, 0.717) is 29.4 Å². The van der Waals surface area contributed by atoms with E-state index in [1.807, 2.05) is 13.8 Å². The fourth-order valence-corrected chi connectivity index (χ4v) is 2.76. The first-order valence-electron chi connectivity index (χ1n) is 7.97. The lowest BCUT2D eigenvalue weighted by Crippen LogP contribution is -2.29. The van der Waals surface area contributed by atoms with Gasteiger partial charge in [0.05, 0.1) is 5.69 Å². The molecule has 1 fully saturated rings. The zero-order valence-corrected chi connectivity index (χ0v) is 13.6. The highest BCUT2D eigenvalue weighted by molar-refractivity contribution is 5.92. The predicted octanol–water partition coefficient (Wildman–Crippen LogP) is 1.87. The predicted molar refractivity (Wildman–Crippen MR) is 86.8 cm³/mol. The fraction of sp³-hybridized carbons (Fsp3) is 0.500. The summed E-state index contributed by atoms with van der Waals surface area (Å²) >= 11 is 0. The van der Waals surface area contributed by atoms with E-state index in [9.17, 15) is 9.59 Å². The molecule has 3 rings (SSSR count). The van der Waals surface area contributed by atoms with Crippen LogP contribution in [0.15, 0.2) is 10.9 Å². The monoisotopic (exact) mass is 315 g/mol. The van der Waals surface area contributed by atoms with Gasteiger partial charge in [-0.05, 0) is 33.1 Å². The number of anilines is 1. The molecule has 1 saturated carbocycles. The number of carbonyl (C=O) groups is 1. The van der Waals surface area contributed by atoms with Gasteiger partial charge in [0.2, 0.25) is 11.9 Å². The molecule has 2 N–H and O–H groups in total. The Balaban J connectivity index is 1.97. The molecule has 0 saturated heterocycles. The Kier molecular flexibility index (Phi) is 4.02. The Labute approximate surface area is 134 Å². The fourth-order valence-electron chi connectivity index (χ4n) is 2.76. The van der Waals surface area contributed by atoms with Gasteiger partial charge in [-0.25, -0.2) is 4.98 Å². The van der Waals surface area contributed by atoms with Crippen molar-refractivity contribution in [2.45, 2.75) is 46.5 Å². The molecular formula is C16H21N5O2. The minimum absolute atomic E-state index is 0.00153. The second kappa shape index (κ2) is 5.98. The number of hydrogen-bond acceptors (Lipinski definition) is 4. The zero-order valence-electron chi connectivity index (χ0n) is 13.6. The molecule has 0 bridgehead atoms. The summed E-state index contributed by atoms with van der Waals surface area (Å²) < 4.78 is 1.49. The van der Waals surface area contributed by atoms with Crippen molar-refractivity contribution < 1.29 is 4.79 Å². The van der Waals surface area contributed by atoms with Crippen LogP contribution in [0.1, 0.15) is 43.1 Å². The highest BCUT2D eigenvalue weighted by Crippen LogP contribution is 2.28. The molecule has 2 heterocycles. The summed E-state index contributed by atoms with van der Waals surface area (Å²) in [6.45, 7) is 5.56. The molecule has 1 aliphatic rings. The topological polar surface area (TPSA) is 92.7 Å². The highest BCUT2D eigenvalue weighted by Gasteiger charge is 2.26. The van der Waals surface area contributed by atoms with Gasteiger partial charge >= 0.3 is 0 Å². The van der Waals surface area contributed by atoms with Crippen LogP contribution in [0.3, 0.4) is 0 Å². The van der Waals surface area contributed by atoms with Crippen molar-refractivity contribution in [2.75, 3.05) is 5.32 Å². The maximum absolute atomic E-state index is 12.2. The van der Waals surface area contributed by atoms with E-state index in [1.165, 1.54) is 4.68 Å². The van der Waals surface area contributed by atoms with Crippen LogP contribution in [0.4, 0.5) is 5.82 Å². The van der Waals surface area contributed by atoms with Gasteiger partial charge in [0, 0.05) is 23.2 Å². The smallest absolute Gasteiger partial charge is 0.255 e. The van der Waals surface area contributed by atoms with Gasteiger partial charge in [-0.2, -0.15) is 9.78 Å². The zero-order chi connectivity index (χ0) is 16.6. The normalized spacial score (nSPS) is 14.6. The van der Waals surface area contributed by atoms with Crippen LogP contribution in [0.2, 0.25) is 0 Å². The number of hydrogen-bond donors (Lipinski definition) is 2. The van der Waals surface area contributed by atoms with Crippen LogP contribution in [0.5, 0.6) is 0 Å². The van der Waals surface area contributed by atoms with Crippen LogP contribution < -0.4 is 10.9 Å². The highest BCUT2D eigenvalue weighted by atomic mass is 16.2. The van der Waals surface area contributed by atoms with Crippen LogP contribution in [0.25, 0.3) is 5.95 Å². The number of nitrogens with zero attached hydrogens (tertiary/aromatic N) is 3. The van der Waals surface area contributed by atoms with Gasteiger partial charge < -0.3 is 5.32 Å². The second-order valence-corrected chi connectivity index (χ2v) is 6.01. The minimum Gasteiger partial charge on any atom is -0.310 e. The first-order valence-corrected chi connectivity index (χ1v) is 7.97. The Bertz CT molecular complexity index is 801. The van der Waals surface area contributed by atoms with Crippen LogP contribution >= 0.6 is 0 Å². The minimum atomic E-state index is -0.167. The number of aromatic amines is 1. The van der Waals surface area contributed by atoms with Crippen LogP contribution in [0, 0.1) is 19.8 Å². The maximum atomic E-state index is 12.2. The molecule has 0 radical (unpaired) electrons. The van der Waals surface area contributed by atoms with Gasteiger partial charge in [0.15, 0.2) is 0 Å². The largest absolute Gasteiger partial charge is 0.310 e. The van der Waals surface area contributed by atoms with Gasteiger partial charge in [-0.15, -0.1) is 0 Å². The first kappa shape index (κ1) is 15.5. The van der Waals surface area contributed by atoms with Gasteiger partial charge in [-0.1, -0.05) is 13.3 Å². The lowest BCUT2D eigenvalue weighted by Gasteiger charge is -2.24. The molecule has 7 heteroatoms. The van der Waals surface area contributed by atoms with Gasteiger partial charge in [0.1, 0.15) is 5.82 Å². The van der Waals surface area contributed by atoms with Crippen molar-refractivity contribution in [2.24, 2.45) is 5.92 Å². The summed E-state index contributed by atoms with van der Waals surface area (Å²) in [5.41, 5.74) is 1.92. The van der Waals surface area contributed by atoms with Crippen molar-refractivity contribution in [1.82, 2.24) is 19.7 Å². The molecule has 7 nitrogen and oxygen atoms in total. The quantitative estimate of drug-likeness (QED) is 0.901. The van der Waals surface area contributed by atoms with E-state index in [1.54, 1.807) is 13.0 Å². The summed E-state index contributed by atoms with van der Waals surface area (Å²) in [7, 11) is 0. The lowest BCUT2D eigenvalue weighted by molar-refractivity contribution is -0.122. The van der Waals surface area contributed by atoms with Crippen molar-refractivity contribution in [3.8, 4) is 5.95 Å². The van der Waals surface area contributed by atoms with Crippen LogP contribution in [-0.4, -0.2) is 25.7 Å².